The van der Waals surface area contributed by atoms with E-state index in [1.807, 2.05) is 0 Å². The molecule has 0 aromatic heterocycles. The predicted molar refractivity (Wildman–Crippen MR) is 74.7 cm³/mol. The van der Waals surface area contributed by atoms with Crippen molar-refractivity contribution in [2.45, 2.75) is 38.8 Å². The first kappa shape index (κ1) is 13.5. The monoisotopic (exact) mass is 248 g/mol. The van der Waals surface area contributed by atoms with Crippen molar-refractivity contribution in [3.05, 3.63) is 34.9 Å². The molecule has 0 spiro atoms. The molecule has 1 fully saturated rings. The quantitative estimate of drug-likeness (QED) is 0.838. The molecule has 0 aliphatic carbocycles. The molecule has 1 heterocycles. The van der Waals surface area contributed by atoms with Crippen molar-refractivity contribution in [3.8, 4) is 0 Å². The molecule has 2 atom stereocenters. The highest BCUT2D eigenvalue weighted by atomic mass is 16.5. The molecule has 1 saturated heterocycles. The van der Waals surface area contributed by atoms with E-state index in [9.17, 15) is 0 Å². The van der Waals surface area contributed by atoms with Crippen LogP contribution in [0.4, 0.5) is 0 Å². The van der Waals surface area contributed by atoms with E-state index < -0.39 is 0 Å². The van der Waals surface area contributed by atoms with Crippen molar-refractivity contribution in [3.63, 3.8) is 0 Å². The zero-order chi connectivity index (χ0) is 13.0. The van der Waals surface area contributed by atoms with Gasteiger partial charge in [0.1, 0.15) is 0 Å². The Labute approximate surface area is 110 Å². The van der Waals surface area contributed by atoms with Crippen LogP contribution in [0, 0.1) is 13.8 Å². The van der Waals surface area contributed by atoms with E-state index in [1.165, 1.54) is 23.1 Å². The van der Waals surface area contributed by atoms with Crippen molar-refractivity contribution in [1.82, 2.24) is 5.32 Å². The first-order chi connectivity index (χ1) is 8.72. The number of nitrogens with one attached hydrogen (secondary N) is 1. The van der Waals surface area contributed by atoms with Crippen molar-refractivity contribution in [2.75, 3.05) is 19.7 Å². The van der Waals surface area contributed by atoms with Gasteiger partial charge >= 0.3 is 0 Å². The molecule has 0 amide bonds. The van der Waals surface area contributed by atoms with Gasteiger partial charge in [-0.05, 0) is 43.4 Å². The maximum Gasteiger partial charge on any atom is 0.0700 e. The molecule has 0 saturated carbocycles. The van der Waals surface area contributed by atoms with Crippen LogP contribution in [-0.4, -0.2) is 25.8 Å². The average molecular weight is 248 g/mol. The van der Waals surface area contributed by atoms with Crippen LogP contribution in [0.15, 0.2) is 18.2 Å². The maximum atomic E-state index is 5.91. The van der Waals surface area contributed by atoms with Crippen molar-refractivity contribution in [1.29, 1.82) is 0 Å². The molecule has 3 nitrogen and oxygen atoms in total. The molecule has 100 valence electrons. The Morgan fingerprint density at radius 1 is 1.44 bits per heavy atom. The van der Waals surface area contributed by atoms with Gasteiger partial charge in [-0.15, -0.1) is 0 Å². The van der Waals surface area contributed by atoms with Crippen LogP contribution in [0.3, 0.4) is 0 Å². The van der Waals surface area contributed by atoms with Crippen LogP contribution in [-0.2, 0) is 4.74 Å². The highest BCUT2D eigenvalue weighted by Gasteiger charge is 2.18. The standard InChI is InChI=1S/C15H24N2O/c1-11-5-3-7-14(12(11)2)15(9-16)17-10-13-6-4-8-18-13/h3,5,7,13,15,17H,4,6,8-10,16H2,1-2H3. The Hall–Kier alpha value is -0.900. The van der Waals surface area contributed by atoms with Crippen LogP contribution < -0.4 is 11.1 Å². The normalized spacial score (nSPS) is 21.2. The summed E-state index contributed by atoms with van der Waals surface area (Å²) in [7, 11) is 0. The van der Waals surface area contributed by atoms with E-state index in [4.69, 9.17) is 10.5 Å². The Morgan fingerprint density at radius 2 is 2.28 bits per heavy atom. The average Bonchev–Trinajstić information content (AvgIpc) is 2.88. The Kier molecular flexibility index (Phi) is 4.75. The predicted octanol–water partition coefficient (Wildman–Crippen LogP) is 2.07. The molecule has 2 unspecified atom stereocenters. The van der Waals surface area contributed by atoms with E-state index in [0.717, 1.165) is 19.6 Å². The number of ether oxygens (including phenoxy) is 1. The minimum atomic E-state index is 0.231. The molecule has 3 N–H and O–H groups in total. The molecule has 0 radical (unpaired) electrons. The van der Waals surface area contributed by atoms with Gasteiger partial charge < -0.3 is 15.8 Å². The van der Waals surface area contributed by atoms with E-state index in [0.29, 0.717) is 12.6 Å². The second-order valence-corrected chi connectivity index (χ2v) is 5.12. The van der Waals surface area contributed by atoms with Gasteiger partial charge in [-0.2, -0.15) is 0 Å². The van der Waals surface area contributed by atoms with Gasteiger partial charge in [-0.1, -0.05) is 18.2 Å². The lowest BCUT2D eigenvalue weighted by atomic mass is 9.97. The summed E-state index contributed by atoms with van der Waals surface area (Å²) in [6.45, 7) is 6.74. The maximum absolute atomic E-state index is 5.91. The molecular weight excluding hydrogens is 224 g/mol. The minimum absolute atomic E-state index is 0.231. The summed E-state index contributed by atoms with van der Waals surface area (Å²) >= 11 is 0. The van der Waals surface area contributed by atoms with Crippen LogP contribution in [0.5, 0.6) is 0 Å². The molecule has 1 aromatic carbocycles. The summed E-state index contributed by atoms with van der Waals surface area (Å²) in [6.07, 6.45) is 2.71. The number of benzene rings is 1. The van der Waals surface area contributed by atoms with E-state index in [1.54, 1.807) is 0 Å². The summed E-state index contributed by atoms with van der Waals surface area (Å²) in [5.74, 6) is 0. The fourth-order valence-electron chi connectivity index (χ4n) is 2.55. The summed E-state index contributed by atoms with van der Waals surface area (Å²) in [5.41, 5.74) is 9.88. The Balaban J connectivity index is 2.00. The molecular formula is C15H24N2O. The second kappa shape index (κ2) is 6.32. The van der Waals surface area contributed by atoms with Crippen LogP contribution in [0.25, 0.3) is 0 Å². The zero-order valence-electron chi connectivity index (χ0n) is 11.4. The minimum Gasteiger partial charge on any atom is -0.377 e. The fraction of sp³-hybridized carbons (Fsp3) is 0.600. The number of aryl methyl sites for hydroxylation is 1. The molecule has 1 aliphatic heterocycles. The highest BCUT2D eigenvalue weighted by molar-refractivity contribution is 5.35. The lowest BCUT2D eigenvalue weighted by Crippen LogP contribution is -2.34. The smallest absolute Gasteiger partial charge is 0.0700 e. The summed E-state index contributed by atoms with van der Waals surface area (Å²) in [5, 5.41) is 3.55. The van der Waals surface area contributed by atoms with Gasteiger partial charge in [0.2, 0.25) is 0 Å². The largest absolute Gasteiger partial charge is 0.377 e. The van der Waals surface area contributed by atoms with E-state index in [-0.39, 0.29) is 6.04 Å². The van der Waals surface area contributed by atoms with Gasteiger partial charge in [-0.3, -0.25) is 0 Å². The lowest BCUT2D eigenvalue weighted by Gasteiger charge is -2.22. The third-order valence-electron chi connectivity index (χ3n) is 3.87. The first-order valence-corrected chi connectivity index (χ1v) is 6.83. The topological polar surface area (TPSA) is 47.3 Å². The Morgan fingerprint density at radius 3 is 2.94 bits per heavy atom. The van der Waals surface area contributed by atoms with Crippen LogP contribution >= 0.6 is 0 Å². The van der Waals surface area contributed by atoms with Gasteiger partial charge in [0.05, 0.1) is 6.10 Å². The van der Waals surface area contributed by atoms with E-state index >= 15 is 0 Å². The highest BCUT2D eigenvalue weighted by Crippen LogP contribution is 2.20. The molecule has 2 rings (SSSR count). The zero-order valence-corrected chi connectivity index (χ0v) is 11.4. The third-order valence-corrected chi connectivity index (χ3v) is 3.87. The van der Waals surface area contributed by atoms with Crippen molar-refractivity contribution in [2.24, 2.45) is 5.73 Å². The van der Waals surface area contributed by atoms with E-state index in [2.05, 4.69) is 37.4 Å². The molecule has 1 aromatic rings. The molecule has 0 bridgehead atoms. The van der Waals surface area contributed by atoms with Gasteiger partial charge in [-0.25, -0.2) is 0 Å². The van der Waals surface area contributed by atoms with Gasteiger partial charge in [0, 0.05) is 25.7 Å². The Bertz CT molecular complexity index is 386. The fourth-order valence-corrected chi connectivity index (χ4v) is 2.55. The number of rotatable bonds is 5. The summed E-state index contributed by atoms with van der Waals surface area (Å²) < 4.78 is 5.63. The van der Waals surface area contributed by atoms with Crippen LogP contribution in [0.2, 0.25) is 0 Å². The number of hydrogen-bond donors (Lipinski definition) is 2. The third kappa shape index (κ3) is 3.10. The van der Waals surface area contributed by atoms with Crippen molar-refractivity contribution >= 4 is 0 Å². The van der Waals surface area contributed by atoms with Crippen molar-refractivity contribution < 1.29 is 4.74 Å². The lowest BCUT2D eigenvalue weighted by molar-refractivity contribution is 0.107. The first-order valence-electron chi connectivity index (χ1n) is 6.83. The molecule has 3 heteroatoms. The summed E-state index contributed by atoms with van der Waals surface area (Å²) in [6, 6.07) is 6.65. The second-order valence-electron chi connectivity index (χ2n) is 5.12. The van der Waals surface area contributed by atoms with Crippen LogP contribution in [0.1, 0.15) is 35.6 Å². The SMILES string of the molecule is Cc1cccc(C(CN)NCC2CCCO2)c1C. The number of nitrogens with two attached hydrogens (primary N) is 1. The number of hydrogen-bond acceptors (Lipinski definition) is 3. The molecule has 18 heavy (non-hydrogen) atoms. The van der Waals surface area contributed by atoms with Gasteiger partial charge in [0.15, 0.2) is 0 Å². The summed E-state index contributed by atoms with van der Waals surface area (Å²) in [4.78, 5) is 0. The molecule has 1 aliphatic rings. The van der Waals surface area contributed by atoms with Gasteiger partial charge in [0.25, 0.3) is 0 Å².